The van der Waals surface area contributed by atoms with Gasteiger partial charge in [0.15, 0.2) is 11.4 Å². The SMILES string of the molecule is N#C/C=C/[C@@]1(c2ccc3c(N)ncnn23)O[C@H](CO)[C@@H](O)[C@H]1O. The van der Waals surface area contributed by atoms with E-state index in [0.29, 0.717) is 11.2 Å². The standard InChI is InChI=1S/C14H15N5O4/c15-5-1-4-14(12(22)11(21)9(6-20)23-14)10-3-2-8-13(16)17-7-18-19(8)10/h1-4,7,9,11-12,20-22H,6H2,(H2,16,17,18)/b4-1+/t9-,11-,12-,14+/m1/s1. The van der Waals surface area contributed by atoms with Crippen molar-refractivity contribution < 1.29 is 20.1 Å². The highest BCUT2D eigenvalue weighted by Crippen LogP contribution is 2.41. The van der Waals surface area contributed by atoms with Crippen LogP contribution in [0.4, 0.5) is 5.82 Å². The van der Waals surface area contributed by atoms with Crippen LogP contribution in [0.5, 0.6) is 0 Å². The molecule has 9 heteroatoms. The Morgan fingerprint density at radius 1 is 1.48 bits per heavy atom. The maximum atomic E-state index is 10.5. The van der Waals surface area contributed by atoms with Gasteiger partial charge >= 0.3 is 0 Å². The molecule has 0 amide bonds. The first-order valence-electron chi connectivity index (χ1n) is 6.86. The van der Waals surface area contributed by atoms with Crippen LogP contribution >= 0.6 is 0 Å². The Balaban J connectivity index is 2.23. The van der Waals surface area contributed by atoms with E-state index in [0.717, 1.165) is 6.08 Å². The van der Waals surface area contributed by atoms with Gasteiger partial charge in [-0.3, -0.25) is 0 Å². The highest BCUT2D eigenvalue weighted by molar-refractivity contribution is 5.66. The third-order valence-corrected chi connectivity index (χ3v) is 3.96. The normalized spacial score (nSPS) is 31.0. The van der Waals surface area contributed by atoms with E-state index in [-0.39, 0.29) is 5.82 Å². The van der Waals surface area contributed by atoms with Crippen LogP contribution in [0.3, 0.4) is 0 Å². The zero-order valence-corrected chi connectivity index (χ0v) is 11.9. The number of ether oxygens (including phenoxy) is 1. The van der Waals surface area contributed by atoms with Crippen LogP contribution in [0.2, 0.25) is 0 Å². The van der Waals surface area contributed by atoms with Crippen LogP contribution in [0, 0.1) is 11.3 Å². The molecule has 1 saturated heterocycles. The van der Waals surface area contributed by atoms with E-state index in [9.17, 15) is 15.3 Å². The van der Waals surface area contributed by atoms with Gasteiger partial charge in [-0.15, -0.1) is 0 Å². The number of hydrogen-bond donors (Lipinski definition) is 4. The number of hydrogen-bond acceptors (Lipinski definition) is 8. The first-order valence-corrected chi connectivity index (χ1v) is 6.86. The largest absolute Gasteiger partial charge is 0.394 e. The number of nitrogens with zero attached hydrogens (tertiary/aromatic N) is 4. The molecule has 0 aliphatic carbocycles. The van der Waals surface area contributed by atoms with Crippen LogP contribution in [-0.4, -0.2) is 54.8 Å². The van der Waals surface area contributed by atoms with Crippen molar-refractivity contribution in [3.8, 4) is 6.07 Å². The minimum atomic E-state index is -1.55. The van der Waals surface area contributed by atoms with E-state index in [1.807, 2.05) is 6.07 Å². The average molecular weight is 317 g/mol. The summed E-state index contributed by atoms with van der Waals surface area (Å²) in [4.78, 5) is 3.88. The maximum Gasteiger partial charge on any atom is 0.158 e. The lowest BCUT2D eigenvalue weighted by atomic mass is 9.90. The van der Waals surface area contributed by atoms with E-state index < -0.39 is 30.5 Å². The molecule has 0 spiro atoms. The molecule has 5 N–H and O–H groups in total. The molecule has 4 atom stereocenters. The van der Waals surface area contributed by atoms with Crippen LogP contribution in [-0.2, 0) is 10.3 Å². The van der Waals surface area contributed by atoms with E-state index in [1.165, 1.54) is 16.9 Å². The van der Waals surface area contributed by atoms with Crippen molar-refractivity contribution in [3.63, 3.8) is 0 Å². The number of rotatable bonds is 3. The van der Waals surface area contributed by atoms with Crippen molar-refractivity contribution in [1.82, 2.24) is 14.6 Å². The molecule has 0 aromatic carbocycles. The van der Waals surface area contributed by atoms with Gasteiger partial charge in [-0.25, -0.2) is 9.50 Å². The van der Waals surface area contributed by atoms with Gasteiger partial charge in [0.1, 0.15) is 30.2 Å². The topological polar surface area (TPSA) is 150 Å². The van der Waals surface area contributed by atoms with Gasteiger partial charge in [-0.05, 0) is 18.2 Å². The number of allylic oxidation sites excluding steroid dienone is 1. The summed E-state index contributed by atoms with van der Waals surface area (Å²) in [6.07, 6.45) is -0.0184. The Hall–Kier alpha value is -2.51. The molecule has 0 saturated carbocycles. The summed E-state index contributed by atoms with van der Waals surface area (Å²) in [5.41, 5.74) is 5.09. The fourth-order valence-electron chi connectivity index (χ4n) is 2.84. The number of aromatic nitrogens is 3. The predicted molar refractivity (Wildman–Crippen MR) is 77.8 cm³/mol. The molecule has 9 nitrogen and oxygen atoms in total. The Bertz CT molecular complexity index is 798. The van der Waals surface area contributed by atoms with E-state index in [4.69, 9.17) is 15.7 Å². The molecule has 120 valence electrons. The molecule has 2 aromatic heterocycles. The van der Waals surface area contributed by atoms with E-state index in [1.54, 1.807) is 12.1 Å². The second-order valence-electron chi connectivity index (χ2n) is 5.19. The minimum Gasteiger partial charge on any atom is -0.394 e. The van der Waals surface area contributed by atoms with E-state index in [2.05, 4.69) is 10.1 Å². The zero-order valence-electron chi connectivity index (χ0n) is 11.9. The number of nitrogens with two attached hydrogens (primary N) is 1. The molecule has 1 aliphatic rings. The highest BCUT2D eigenvalue weighted by atomic mass is 16.6. The summed E-state index contributed by atoms with van der Waals surface area (Å²) >= 11 is 0. The number of nitrogen functional groups attached to an aromatic ring is 1. The van der Waals surface area contributed by atoms with Crippen molar-refractivity contribution in [1.29, 1.82) is 5.26 Å². The molecular weight excluding hydrogens is 302 g/mol. The molecule has 1 fully saturated rings. The fraction of sp³-hybridized carbons (Fsp3) is 0.357. The van der Waals surface area contributed by atoms with Gasteiger partial charge in [-0.1, -0.05) is 0 Å². The van der Waals surface area contributed by atoms with Crippen LogP contribution < -0.4 is 5.73 Å². The Labute approximate surface area is 130 Å². The molecule has 0 radical (unpaired) electrons. The van der Waals surface area contributed by atoms with Crippen molar-refractivity contribution >= 4 is 11.3 Å². The molecule has 1 aliphatic heterocycles. The lowest BCUT2D eigenvalue weighted by Gasteiger charge is -2.28. The van der Waals surface area contributed by atoms with Gasteiger partial charge in [0.2, 0.25) is 0 Å². The lowest BCUT2D eigenvalue weighted by molar-refractivity contribution is -0.0693. The minimum absolute atomic E-state index is 0.234. The molecule has 3 heterocycles. The number of anilines is 1. The summed E-state index contributed by atoms with van der Waals surface area (Å²) in [6.45, 7) is -0.485. The van der Waals surface area contributed by atoms with Gasteiger partial charge in [-0.2, -0.15) is 10.4 Å². The first-order chi connectivity index (χ1) is 11.0. The van der Waals surface area contributed by atoms with Crippen molar-refractivity contribution in [3.05, 3.63) is 36.3 Å². The molecule has 0 bridgehead atoms. The van der Waals surface area contributed by atoms with Crippen LogP contribution in [0.15, 0.2) is 30.6 Å². The van der Waals surface area contributed by atoms with Gasteiger partial charge < -0.3 is 25.8 Å². The third kappa shape index (κ3) is 2.16. The van der Waals surface area contributed by atoms with Crippen molar-refractivity contribution in [2.45, 2.75) is 23.9 Å². The second kappa shape index (κ2) is 5.60. The second-order valence-corrected chi connectivity index (χ2v) is 5.19. The number of nitriles is 1. The fourth-order valence-corrected chi connectivity index (χ4v) is 2.84. The Morgan fingerprint density at radius 3 is 2.91 bits per heavy atom. The molecule has 3 rings (SSSR count). The summed E-state index contributed by atoms with van der Waals surface area (Å²) in [5.74, 6) is 0.234. The number of aliphatic hydroxyl groups excluding tert-OH is 3. The van der Waals surface area contributed by atoms with E-state index >= 15 is 0 Å². The van der Waals surface area contributed by atoms with Crippen molar-refractivity contribution in [2.24, 2.45) is 0 Å². The molecule has 0 unspecified atom stereocenters. The number of aliphatic hydroxyl groups is 3. The predicted octanol–water partition coefficient (Wildman–Crippen LogP) is -1.30. The van der Waals surface area contributed by atoms with Gasteiger partial charge in [0, 0.05) is 6.08 Å². The Morgan fingerprint density at radius 2 is 2.26 bits per heavy atom. The molecule has 23 heavy (non-hydrogen) atoms. The Kier molecular flexibility index (Phi) is 3.75. The summed E-state index contributed by atoms with van der Waals surface area (Å²) < 4.78 is 7.12. The highest BCUT2D eigenvalue weighted by Gasteiger charge is 2.55. The average Bonchev–Trinajstić information content (AvgIpc) is 3.09. The van der Waals surface area contributed by atoms with Crippen molar-refractivity contribution in [2.75, 3.05) is 12.3 Å². The quantitative estimate of drug-likeness (QED) is 0.510. The molecular formula is C14H15N5O4. The lowest BCUT2D eigenvalue weighted by Crippen LogP contribution is -2.40. The zero-order chi connectivity index (χ0) is 16.6. The van der Waals surface area contributed by atoms with Crippen LogP contribution in [0.1, 0.15) is 5.69 Å². The third-order valence-electron chi connectivity index (χ3n) is 3.96. The van der Waals surface area contributed by atoms with Gasteiger partial charge in [0.25, 0.3) is 0 Å². The van der Waals surface area contributed by atoms with Gasteiger partial charge in [0.05, 0.1) is 18.4 Å². The molecule has 2 aromatic rings. The van der Waals surface area contributed by atoms with Crippen LogP contribution in [0.25, 0.3) is 5.52 Å². The summed E-state index contributed by atoms with van der Waals surface area (Å²) in [6, 6.07) is 5.08. The smallest absolute Gasteiger partial charge is 0.158 e. The first kappa shape index (κ1) is 15.4. The maximum absolute atomic E-state index is 10.5. The monoisotopic (exact) mass is 317 g/mol. The summed E-state index contributed by atoms with van der Waals surface area (Å²) in [5, 5.41) is 42.8. The summed E-state index contributed by atoms with van der Waals surface area (Å²) in [7, 11) is 0. The number of fused-ring (bicyclic) bond motifs is 1.